The SMILES string of the molecule is O=C(NCc1ccc(COc2ccccc2)cc1)C1(c2ccc(Br)cc2)CCOCC1. The van der Waals surface area contributed by atoms with Gasteiger partial charge in [0.05, 0.1) is 5.41 Å². The molecule has 0 atom stereocenters. The van der Waals surface area contributed by atoms with E-state index in [1.807, 2.05) is 78.9 Å². The first-order chi connectivity index (χ1) is 15.2. The van der Waals surface area contributed by atoms with Gasteiger partial charge in [-0.2, -0.15) is 0 Å². The summed E-state index contributed by atoms with van der Waals surface area (Å²) in [6.45, 7) is 2.21. The van der Waals surface area contributed by atoms with Crippen LogP contribution in [0.2, 0.25) is 0 Å². The maximum atomic E-state index is 13.3. The fourth-order valence-corrected chi connectivity index (χ4v) is 4.19. The molecule has 0 bridgehead atoms. The molecule has 1 N–H and O–H groups in total. The molecule has 0 saturated carbocycles. The number of ether oxygens (including phenoxy) is 2. The Bertz CT molecular complexity index is 981. The third-order valence-corrected chi connectivity index (χ3v) is 6.33. The number of para-hydroxylation sites is 1. The van der Waals surface area contributed by atoms with Crippen LogP contribution in [0, 0.1) is 0 Å². The maximum absolute atomic E-state index is 13.3. The van der Waals surface area contributed by atoms with Crippen molar-refractivity contribution in [3.05, 3.63) is 100 Å². The zero-order valence-electron chi connectivity index (χ0n) is 17.4. The lowest BCUT2D eigenvalue weighted by Crippen LogP contribution is -2.47. The lowest BCUT2D eigenvalue weighted by molar-refractivity contribution is -0.130. The normalized spacial score (nSPS) is 15.3. The summed E-state index contributed by atoms with van der Waals surface area (Å²) in [5.41, 5.74) is 2.66. The molecule has 5 heteroatoms. The first-order valence-electron chi connectivity index (χ1n) is 10.5. The first-order valence-corrected chi connectivity index (χ1v) is 11.3. The van der Waals surface area contributed by atoms with Crippen LogP contribution < -0.4 is 10.1 Å². The molecule has 4 rings (SSSR count). The van der Waals surface area contributed by atoms with Crippen LogP contribution in [-0.4, -0.2) is 19.1 Å². The number of carbonyl (C=O) groups excluding carboxylic acids is 1. The van der Waals surface area contributed by atoms with Crippen LogP contribution in [0.1, 0.15) is 29.5 Å². The number of carbonyl (C=O) groups is 1. The van der Waals surface area contributed by atoms with Gasteiger partial charge < -0.3 is 14.8 Å². The molecular formula is C26H26BrNO3. The molecule has 1 fully saturated rings. The third-order valence-electron chi connectivity index (χ3n) is 5.80. The quantitative estimate of drug-likeness (QED) is 0.493. The van der Waals surface area contributed by atoms with Crippen molar-refractivity contribution in [3.63, 3.8) is 0 Å². The fourth-order valence-electron chi connectivity index (χ4n) is 3.92. The highest BCUT2D eigenvalue weighted by molar-refractivity contribution is 9.10. The Hall–Kier alpha value is -2.63. The minimum atomic E-state index is -0.539. The average molecular weight is 480 g/mol. The molecule has 0 aromatic heterocycles. The van der Waals surface area contributed by atoms with Gasteiger partial charge in [0, 0.05) is 24.2 Å². The van der Waals surface area contributed by atoms with Crippen LogP contribution in [0.4, 0.5) is 0 Å². The second-order valence-electron chi connectivity index (χ2n) is 7.80. The number of amides is 1. The number of rotatable bonds is 7. The summed E-state index contributed by atoms with van der Waals surface area (Å²) < 4.78 is 12.4. The molecular weight excluding hydrogens is 454 g/mol. The summed E-state index contributed by atoms with van der Waals surface area (Å²) >= 11 is 3.48. The zero-order valence-corrected chi connectivity index (χ0v) is 18.9. The van der Waals surface area contributed by atoms with Gasteiger partial charge in [-0.05, 0) is 53.8 Å². The highest BCUT2D eigenvalue weighted by Crippen LogP contribution is 2.36. The molecule has 3 aromatic carbocycles. The van der Waals surface area contributed by atoms with Gasteiger partial charge in [-0.1, -0.05) is 70.5 Å². The van der Waals surface area contributed by atoms with Gasteiger partial charge in [-0.3, -0.25) is 4.79 Å². The molecule has 4 nitrogen and oxygen atoms in total. The van der Waals surface area contributed by atoms with Gasteiger partial charge >= 0.3 is 0 Å². The number of hydrogen-bond donors (Lipinski definition) is 1. The Morgan fingerprint density at radius 3 is 2.23 bits per heavy atom. The molecule has 1 aliphatic rings. The highest BCUT2D eigenvalue weighted by Gasteiger charge is 2.41. The van der Waals surface area contributed by atoms with Crippen LogP contribution in [0.5, 0.6) is 5.75 Å². The Morgan fingerprint density at radius 1 is 0.903 bits per heavy atom. The van der Waals surface area contributed by atoms with Crippen molar-refractivity contribution >= 4 is 21.8 Å². The Kier molecular flexibility index (Phi) is 7.05. The van der Waals surface area contributed by atoms with E-state index < -0.39 is 5.41 Å². The number of benzene rings is 3. The van der Waals surface area contributed by atoms with Crippen LogP contribution in [0.15, 0.2) is 83.3 Å². The minimum Gasteiger partial charge on any atom is -0.489 e. The molecule has 0 radical (unpaired) electrons. The fraction of sp³-hybridized carbons (Fsp3) is 0.269. The van der Waals surface area contributed by atoms with E-state index in [4.69, 9.17) is 9.47 Å². The lowest BCUT2D eigenvalue weighted by Gasteiger charge is -2.36. The number of nitrogens with one attached hydrogen (secondary N) is 1. The van der Waals surface area contributed by atoms with Gasteiger partial charge in [0.25, 0.3) is 0 Å². The van der Waals surface area contributed by atoms with E-state index in [-0.39, 0.29) is 5.91 Å². The Labute approximate surface area is 191 Å². The zero-order chi connectivity index (χ0) is 21.5. The van der Waals surface area contributed by atoms with Crippen LogP contribution in [0.25, 0.3) is 0 Å². The van der Waals surface area contributed by atoms with Crippen molar-refractivity contribution in [2.45, 2.75) is 31.4 Å². The van der Waals surface area contributed by atoms with E-state index in [0.717, 1.165) is 26.9 Å². The predicted octanol–water partition coefficient (Wildman–Crippen LogP) is 5.39. The average Bonchev–Trinajstić information content (AvgIpc) is 2.83. The molecule has 1 amide bonds. The summed E-state index contributed by atoms with van der Waals surface area (Å²) in [6, 6.07) is 26.0. The van der Waals surface area contributed by atoms with Crippen LogP contribution in [-0.2, 0) is 28.1 Å². The molecule has 3 aromatic rings. The summed E-state index contributed by atoms with van der Waals surface area (Å²) in [7, 11) is 0. The van der Waals surface area contributed by atoms with Crippen molar-refractivity contribution in [2.75, 3.05) is 13.2 Å². The highest BCUT2D eigenvalue weighted by atomic mass is 79.9. The second-order valence-corrected chi connectivity index (χ2v) is 8.72. The lowest BCUT2D eigenvalue weighted by atomic mass is 9.73. The van der Waals surface area contributed by atoms with E-state index in [0.29, 0.717) is 39.2 Å². The molecule has 1 heterocycles. The van der Waals surface area contributed by atoms with Crippen LogP contribution >= 0.6 is 15.9 Å². The molecule has 160 valence electrons. The van der Waals surface area contributed by atoms with E-state index in [9.17, 15) is 4.79 Å². The topological polar surface area (TPSA) is 47.6 Å². The van der Waals surface area contributed by atoms with Crippen LogP contribution in [0.3, 0.4) is 0 Å². The van der Waals surface area contributed by atoms with Crippen molar-refractivity contribution in [1.29, 1.82) is 0 Å². The summed E-state index contributed by atoms with van der Waals surface area (Å²) in [4.78, 5) is 13.3. The van der Waals surface area contributed by atoms with Crippen molar-refractivity contribution in [1.82, 2.24) is 5.32 Å². The molecule has 0 aliphatic carbocycles. The molecule has 0 spiro atoms. The predicted molar refractivity (Wildman–Crippen MR) is 125 cm³/mol. The largest absolute Gasteiger partial charge is 0.489 e. The third kappa shape index (κ3) is 5.35. The van der Waals surface area contributed by atoms with Gasteiger partial charge in [0.15, 0.2) is 0 Å². The van der Waals surface area contributed by atoms with Crippen molar-refractivity contribution in [3.8, 4) is 5.75 Å². The molecule has 1 aliphatic heterocycles. The van der Waals surface area contributed by atoms with Crippen molar-refractivity contribution in [2.24, 2.45) is 0 Å². The van der Waals surface area contributed by atoms with E-state index in [2.05, 4.69) is 21.2 Å². The van der Waals surface area contributed by atoms with E-state index >= 15 is 0 Å². The van der Waals surface area contributed by atoms with Crippen molar-refractivity contribution < 1.29 is 14.3 Å². The summed E-state index contributed by atoms with van der Waals surface area (Å²) in [5.74, 6) is 0.920. The smallest absolute Gasteiger partial charge is 0.231 e. The van der Waals surface area contributed by atoms with Gasteiger partial charge in [0.1, 0.15) is 12.4 Å². The first kappa shape index (κ1) is 21.6. The standard InChI is InChI=1S/C26H26BrNO3/c27-23-12-10-22(11-13-23)26(14-16-30-17-15-26)25(29)28-18-20-6-8-21(9-7-20)19-31-24-4-2-1-3-5-24/h1-13H,14-19H2,(H,28,29). The second kappa shape index (κ2) is 10.1. The summed E-state index contributed by atoms with van der Waals surface area (Å²) in [6.07, 6.45) is 1.38. The Morgan fingerprint density at radius 2 is 1.55 bits per heavy atom. The number of hydrogen-bond acceptors (Lipinski definition) is 3. The van der Waals surface area contributed by atoms with Gasteiger partial charge in [-0.15, -0.1) is 0 Å². The van der Waals surface area contributed by atoms with E-state index in [1.54, 1.807) is 0 Å². The molecule has 0 unspecified atom stereocenters. The van der Waals surface area contributed by atoms with Gasteiger partial charge in [0.2, 0.25) is 5.91 Å². The monoisotopic (exact) mass is 479 g/mol. The van der Waals surface area contributed by atoms with Gasteiger partial charge in [-0.25, -0.2) is 0 Å². The van der Waals surface area contributed by atoms with E-state index in [1.165, 1.54) is 0 Å². The number of halogens is 1. The minimum absolute atomic E-state index is 0.0645. The molecule has 31 heavy (non-hydrogen) atoms. The summed E-state index contributed by atoms with van der Waals surface area (Å²) in [5, 5.41) is 3.16. The maximum Gasteiger partial charge on any atom is 0.231 e. The Balaban J connectivity index is 1.38. The molecule has 1 saturated heterocycles.